The van der Waals surface area contributed by atoms with E-state index in [4.69, 9.17) is 17.2 Å². The molecule has 3 aromatic heterocycles. The molecule has 4 aromatic rings. The van der Waals surface area contributed by atoms with Gasteiger partial charge in [0.05, 0.1) is 23.0 Å². The standard InChI is InChI=1S/C23H21FN6/c24-15-12-10-14(11-13-15)22(16-4-1-7-19(25)28-16)23(17-5-2-8-20(26)29-17)18-6-3-9-21(27)30-18/h1-13,22-23H,(H2,25,28)(H2,26,29)(H2,27,30). The number of halogens is 1. The van der Waals surface area contributed by atoms with E-state index in [1.54, 1.807) is 30.3 Å². The summed E-state index contributed by atoms with van der Waals surface area (Å²) in [5, 5.41) is 0. The molecule has 6 nitrogen and oxygen atoms in total. The third kappa shape index (κ3) is 4.05. The van der Waals surface area contributed by atoms with E-state index in [0.717, 1.165) is 5.56 Å². The van der Waals surface area contributed by atoms with E-state index in [1.165, 1.54) is 12.1 Å². The molecule has 0 aliphatic rings. The lowest BCUT2D eigenvalue weighted by Gasteiger charge is -2.27. The van der Waals surface area contributed by atoms with Crippen LogP contribution in [0.5, 0.6) is 0 Å². The minimum atomic E-state index is -0.378. The second kappa shape index (κ2) is 8.16. The second-order valence-corrected chi connectivity index (χ2v) is 6.97. The summed E-state index contributed by atoms with van der Waals surface area (Å²) in [6.07, 6.45) is 0. The van der Waals surface area contributed by atoms with Crippen molar-refractivity contribution in [3.8, 4) is 0 Å². The van der Waals surface area contributed by atoms with Gasteiger partial charge in [0.1, 0.15) is 23.3 Å². The Bertz CT molecular complexity index is 1120. The van der Waals surface area contributed by atoms with Gasteiger partial charge in [0.25, 0.3) is 0 Å². The molecule has 30 heavy (non-hydrogen) atoms. The molecule has 150 valence electrons. The lowest BCUT2D eigenvalue weighted by atomic mass is 9.79. The largest absolute Gasteiger partial charge is 0.384 e. The van der Waals surface area contributed by atoms with Crippen LogP contribution in [0.1, 0.15) is 34.5 Å². The number of hydrogen-bond donors (Lipinski definition) is 3. The summed E-state index contributed by atoms with van der Waals surface area (Å²) in [5.41, 5.74) is 20.9. The van der Waals surface area contributed by atoms with E-state index in [1.807, 2.05) is 36.4 Å². The first-order valence-corrected chi connectivity index (χ1v) is 9.44. The van der Waals surface area contributed by atoms with Gasteiger partial charge in [-0.1, -0.05) is 30.3 Å². The van der Waals surface area contributed by atoms with Gasteiger partial charge in [0, 0.05) is 5.92 Å². The molecule has 7 heteroatoms. The maximum Gasteiger partial charge on any atom is 0.123 e. The third-order valence-electron chi connectivity index (χ3n) is 4.89. The van der Waals surface area contributed by atoms with Crippen LogP contribution in [0.15, 0.2) is 78.9 Å². The highest BCUT2D eigenvalue weighted by molar-refractivity contribution is 5.44. The van der Waals surface area contributed by atoms with Crippen LogP contribution < -0.4 is 17.2 Å². The molecule has 0 saturated carbocycles. The topological polar surface area (TPSA) is 117 Å². The van der Waals surface area contributed by atoms with Crippen LogP contribution in [0, 0.1) is 5.82 Å². The summed E-state index contributed by atoms with van der Waals surface area (Å²) in [5.74, 6) is 0.118. The molecule has 1 atom stereocenters. The molecule has 0 amide bonds. The van der Waals surface area contributed by atoms with Gasteiger partial charge in [-0.25, -0.2) is 19.3 Å². The summed E-state index contributed by atoms with van der Waals surface area (Å²) < 4.78 is 13.7. The van der Waals surface area contributed by atoms with E-state index in [-0.39, 0.29) is 17.7 Å². The fourth-order valence-corrected chi connectivity index (χ4v) is 3.62. The molecule has 6 N–H and O–H groups in total. The molecule has 3 heterocycles. The fraction of sp³-hybridized carbons (Fsp3) is 0.0870. The van der Waals surface area contributed by atoms with Crippen molar-refractivity contribution in [1.82, 2.24) is 15.0 Å². The van der Waals surface area contributed by atoms with Crippen molar-refractivity contribution >= 4 is 17.5 Å². The van der Waals surface area contributed by atoms with Crippen molar-refractivity contribution in [2.75, 3.05) is 17.2 Å². The Morgan fingerprint density at radius 1 is 0.533 bits per heavy atom. The molecule has 4 rings (SSSR count). The second-order valence-electron chi connectivity index (χ2n) is 6.97. The number of hydrogen-bond acceptors (Lipinski definition) is 6. The number of rotatable bonds is 5. The Kier molecular flexibility index (Phi) is 5.26. The highest BCUT2D eigenvalue weighted by Crippen LogP contribution is 2.41. The summed E-state index contributed by atoms with van der Waals surface area (Å²) >= 11 is 0. The number of nitrogens with zero attached hydrogens (tertiary/aromatic N) is 3. The van der Waals surface area contributed by atoms with E-state index in [0.29, 0.717) is 34.5 Å². The third-order valence-corrected chi connectivity index (χ3v) is 4.89. The van der Waals surface area contributed by atoms with Crippen molar-refractivity contribution in [3.63, 3.8) is 0 Å². The quantitative estimate of drug-likeness (QED) is 0.470. The van der Waals surface area contributed by atoms with Gasteiger partial charge < -0.3 is 17.2 Å². The van der Waals surface area contributed by atoms with Crippen LogP contribution >= 0.6 is 0 Å². The maximum atomic E-state index is 13.7. The Hall–Kier alpha value is -4.00. The Balaban J connectivity index is 1.98. The van der Waals surface area contributed by atoms with E-state index >= 15 is 0 Å². The van der Waals surface area contributed by atoms with E-state index in [2.05, 4.69) is 15.0 Å². The van der Waals surface area contributed by atoms with Crippen molar-refractivity contribution in [1.29, 1.82) is 0 Å². The summed E-state index contributed by atoms with van der Waals surface area (Å²) in [6, 6.07) is 22.6. The fourth-order valence-electron chi connectivity index (χ4n) is 3.62. The lowest BCUT2D eigenvalue weighted by Crippen LogP contribution is -2.19. The molecule has 0 bridgehead atoms. The number of nitrogens with two attached hydrogens (primary N) is 3. The first-order valence-electron chi connectivity index (χ1n) is 9.44. The molecule has 1 unspecified atom stereocenters. The average Bonchev–Trinajstić information content (AvgIpc) is 2.73. The van der Waals surface area contributed by atoms with Crippen molar-refractivity contribution in [3.05, 3.63) is 107 Å². The van der Waals surface area contributed by atoms with Crippen molar-refractivity contribution in [2.24, 2.45) is 0 Å². The van der Waals surface area contributed by atoms with Crippen molar-refractivity contribution < 1.29 is 4.39 Å². The summed E-state index contributed by atoms with van der Waals surface area (Å²) in [6.45, 7) is 0. The SMILES string of the molecule is Nc1cccc(C(c2ccc(F)cc2)C(c2cccc(N)n2)c2cccc(N)n2)n1. The van der Waals surface area contributed by atoms with Crippen LogP contribution in [0.3, 0.4) is 0 Å². The summed E-state index contributed by atoms with van der Waals surface area (Å²) in [7, 11) is 0. The van der Waals surface area contributed by atoms with Gasteiger partial charge in [0.2, 0.25) is 0 Å². The number of benzene rings is 1. The van der Waals surface area contributed by atoms with Gasteiger partial charge in [-0.2, -0.15) is 0 Å². The Morgan fingerprint density at radius 3 is 1.33 bits per heavy atom. The normalized spacial score (nSPS) is 12.1. The number of pyridine rings is 3. The molecule has 0 saturated heterocycles. The molecular weight excluding hydrogens is 379 g/mol. The smallest absolute Gasteiger partial charge is 0.123 e. The van der Waals surface area contributed by atoms with E-state index < -0.39 is 0 Å². The predicted molar refractivity (Wildman–Crippen MR) is 116 cm³/mol. The first-order chi connectivity index (χ1) is 14.5. The van der Waals surface area contributed by atoms with Gasteiger partial charge in [-0.3, -0.25) is 0 Å². The molecule has 0 aliphatic carbocycles. The van der Waals surface area contributed by atoms with Crippen LogP contribution in [0.25, 0.3) is 0 Å². The zero-order valence-electron chi connectivity index (χ0n) is 16.1. The maximum absolute atomic E-state index is 13.7. The molecule has 0 spiro atoms. The first kappa shape index (κ1) is 19.3. The molecule has 1 aromatic carbocycles. The van der Waals surface area contributed by atoms with Crippen LogP contribution in [-0.2, 0) is 0 Å². The average molecular weight is 400 g/mol. The van der Waals surface area contributed by atoms with Gasteiger partial charge in [-0.05, 0) is 54.1 Å². The molecular formula is C23H21FN6. The zero-order chi connectivity index (χ0) is 21.1. The zero-order valence-corrected chi connectivity index (χ0v) is 16.1. The molecule has 0 radical (unpaired) electrons. The minimum Gasteiger partial charge on any atom is -0.384 e. The van der Waals surface area contributed by atoms with Gasteiger partial charge in [-0.15, -0.1) is 0 Å². The highest BCUT2D eigenvalue weighted by Gasteiger charge is 2.31. The lowest BCUT2D eigenvalue weighted by molar-refractivity contribution is 0.618. The molecule has 0 fully saturated rings. The van der Waals surface area contributed by atoms with Crippen LogP contribution in [-0.4, -0.2) is 15.0 Å². The Morgan fingerprint density at radius 2 is 0.933 bits per heavy atom. The Labute approximate surface area is 173 Å². The minimum absolute atomic E-state index is 0.321. The molecule has 0 aliphatic heterocycles. The van der Waals surface area contributed by atoms with Crippen LogP contribution in [0.2, 0.25) is 0 Å². The van der Waals surface area contributed by atoms with Gasteiger partial charge >= 0.3 is 0 Å². The van der Waals surface area contributed by atoms with Crippen molar-refractivity contribution in [2.45, 2.75) is 11.8 Å². The number of anilines is 3. The number of nitrogen functional groups attached to an aromatic ring is 3. The van der Waals surface area contributed by atoms with E-state index in [9.17, 15) is 4.39 Å². The predicted octanol–water partition coefficient (Wildman–Crippen LogP) is 3.72. The highest BCUT2D eigenvalue weighted by atomic mass is 19.1. The summed E-state index contributed by atoms with van der Waals surface area (Å²) in [4.78, 5) is 13.7. The number of aromatic nitrogens is 3. The van der Waals surface area contributed by atoms with Crippen LogP contribution in [0.4, 0.5) is 21.8 Å². The van der Waals surface area contributed by atoms with Gasteiger partial charge in [0.15, 0.2) is 0 Å². The monoisotopic (exact) mass is 400 g/mol.